The summed E-state index contributed by atoms with van der Waals surface area (Å²) >= 11 is 3.37. The van der Waals surface area contributed by atoms with E-state index < -0.39 is 21.7 Å². The number of rotatable bonds is 5. The summed E-state index contributed by atoms with van der Waals surface area (Å²) in [5.41, 5.74) is 1.64. The summed E-state index contributed by atoms with van der Waals surface area (Å²) in [5, 5.41) is 0. The fraction of sp³-hybridized carbons (Fsp3) is 0.462. The van der Waals surface area contributed by atoms with Crippen molar-refractivity contribution in [2.45, 2.75) is 19.6 Å². The smallest absolute Gasteiger partial charge is 0.309 e. The van der Waals surface area contributed by atoms with Crippen LogP contribution in [0.1, 0.15) is 18.1 Å². The molecule has 6 heteroatoms. The molecule has 1 aromatic rings. The highest BCUT2D eigenvalue weighted by Gasteiger charge is 2.23. The number of ether oxygens (including phenoxy) is 1. The first-order valence-corrected chi connectivity index (χ1v) is 8.40. The highest BCUT2D eigenvalue weighted by Crippen LogP contribution is 2.22. The van der Waals surface area contributed by atoms with Crippen LogP contribution in [-0.2, 0) is 25.1 Å². The summed E-state index contributed by atoms with van der Waals surface area (Å²) in [4.78, 5) is 11.3. The lowest BCUT2D eigenvalue weighted by Gasteiger charge is -2.12. The summed E-state index contributed by atoms with van der Waals surface area (Å²) in [7, 11) is -2.10. The number of benzene rings is 1. The molecule has 19 heavy (non-hydrogen) atoms. The first kappa shape index (κ1) is 16.2. The minimum absolute atomic E-state index is 0.0698. The molecule has 0 N–H and O–H groups in total. The van der Waals surface area contributed by atoms with E-state index in [4.69, 9.17) is 0 Å². The molecule has 0 spiro atoms. The highest BCUT2D eigenvalue weighted by molar-refractivity contribution is 9.10. The Labute approximate surface area is 122 Å². The molecule has 0 fully saturated rings. The third-order valence-electron chi connectivity index (χ3n) is 2.86. The molecule has 0 aliphatic heterocycles. The van der Waals surface area contributed by atoms with E-state index >= 15 is 0 Å². The van der Waals surface area contributed by atoms with Crippen molar-refractivity contribution in [3.63, 3.8) is 0 Å². The van der Waals surface area contributed by atoms with Crippen molar-refractivity contribution < 1.29 is 17.9 Å². The predicted octanol–water partition coefficient (Wildman–Crippen LogP) is 2.48. The summed E-state index contributed by atoms with van der Waals surface area (Å²) in [6.07, 6.45) is 0. The number of sulfone groups is 1. The molecule has 106 valence electrons. The molecule has 0 aromatic heterocycles. The van der Waals surface area contributed by atoms with Gasteiger partial charge in [0.05, 0.1) is 24.5 Å². The van der Waals surface area contributed by atoms with Crippen LogP contribution in [0.15, 0.2) is 22.7 Å². The fourth-order valence-electron chi connectivity index (χ4n) is 1.75. The van der Waals surface area contributed by atoms with Crippen molar-refractivity contribution in [3.05, 3.63) is 33.8 Å². The molecular formula is C13H17BrO4S. The first-order valence-electron chi connectivity index (χ1n) is 5.79. The third-order valence-corrected chi connectivity index (χ3v) is 5.48. The number of methoxy groups -OCH3 is 1. The maximum absolute atomic E-state index is 12.1. The SMILES string of the molecule is COC(=O)[C@H](C)CS(=O)(=O)Cc1cccc(Br)c1C. The van der Waals surface area contributed by atoms with Gasteiger partial charge in [0.15, 0.2) is 9.84 Å². The Hall–Kier alpha value is -0.880. The minimum atomic E-state index is -3.35. The van der Waals surface area contributed by atoms with E-state index in [-0.39, 0.29) is 11.5 Å². The zero-order valence-electron chi connectivity index (χ0n) is 11.1. The molecule has 4 nitrogen and oxygen atoms in total. The zero-order valence-corrected chi connectivity index (χ0v) is 13.5. The van der Waals surface area contributed by atoms with E-state index in [1.807, 2.05) is 13.0 Å². The van der Waals surface area contributed by atoms with Gasteiger partial charge in [-0.2, -0.15) is 0 Å². The Balaban J connectivity index is 2.86. The van der Waals surface area contributed by atoms with Gasteiger partial charge in [0.1, 0.15) is 0 Å². The highest BCUT2D eigenvalue weighted by atomic mass is 79.9. The van der Waals surface area contributed by atoms with Gasteiger partial charge in [-0.05, 0) is 24.1 Å². The van der Waals surface area contributed by atoms with E-state index in [2.05, 4.69) is 20.7 Å². The maximum Gasteiger partial charge on any atom is 0.309 e. The molecule has 0 radical (unpaired) electrons. The Morgan fingerprint density at radius 1 is 1.42 bits per heavy atom. The fourth-order valence-corrected chi connectivity index (χ4v) is 3.96. The molecule has 1 atom stereocenters. The number of hydrogen-bond donors (Lipinski definition) is 0. The molecule has 0 amide bonds. The van der Waals surface area contributed by atoms with Crippen LogP contribution in [0.4, 0.5) is 0 Å². The largest absolute Gasteiger partial charge is 0.469 e. The van der Waals surface area contributed by atoms with Crippen LogP contribution >= 0.6 is 15.9 Å². The van der Waals surface area contributed by atoms with Crippen molar-refractivity contribution in [3.8, 4) is 0 Å². The number of esters is 1. The number of carbonyl (C=O) groups is 1. The normalized spacial score (nSPS) is 13.1. The van der Waals surface area contributed by atoms with Crippen molar-refractivity contribution in [2.24, 2.45) is 5.92 Å². The summed E-state index contributed by atoms with van der Waals surface area (Å²) < 4.78 is 29.6. The number of halogens is 1. The molecule has 0 saturated heterocycles. The van der Waals surface area contributed by atoms with Crippen molar-refractivity contribution in [1.29, 1.82) is 0 Å². The van der Waals surface area contributed by atoms with Crippen LogP contribution in [0, 0.1) is 12.8 Å². The molecule has 0 saturated carbocycles. The first-order chi connectivity index (χ1) is 8.76. The Bertz CT molecular complexity index is 566. The predicted molar refractivity (Wildman–Crippen MR) is 77.5 cm³/mol. The molecule has 0 aliphatic rings. The van der Waals surface area contributed by atoms with E-state index in [1.165, 1.54) is 7.11 Å². The second kappa shape index (κ2) is 6.52. The van der Waals surface area contributed by atoms with E-state index in [1.54, 1.807) is 19.1 Å². The van der Waals surface area contributed by atoms with E-state index in [0.717, 1.165) is 15.6 Å². The molecular weight excluding hydrogens is 332 g/mol. The zero-order chi connectivity index (χ0) is 14.6. The Morgan fingerprint density at radius 3 is 2.63 bits per heavy atom. The average Bonchev–Trinajstić information content (AvgIpc) is 2.33. The van der Waals surface area contributed by atoms with Gasteiger partial charge >= 0.3 is 5.97 Å². The monoisotopic (exact) mass is 348 g/mol. The summed E-state index contributed by atoms with van der Waals surface area (Å²) in [6, 6.07) is 5.44. The van der Waals surface area contributed by atoms with Gasteiger partial charge in [-0.15, -0.1) is 0 Å². The van der Waals surface area contributed by atoms with Crippen molar-refractivity contribution in [1.82, 2.24) is 0 Å². The molecule has 0 unspecified atom stereocenters. The maximum atomic E-state index is 12.1. The third kappa shape index (κ3) is 4.62. The lowest BCUT2D eigenvalue weighted by Crippen LogP contribution is -2.23. The topological polar surface area (TPSA) is 60.4 Å². The van der Waals surface area contributed by atoms with Crippen LogP contribution in [0.3, 0.4) is 0 Å². The van der Waals surface area contributed by atoms with Crippen molar-refractivity contribution >= 4 is 31.7 Å². The lowest BCUT2D eigenvalue weighted by atomic mass is 10.1. The number of carbonyl (C=O) groups excluding carboxylic acids is 1. The standard InChI is InChI=1S/C13H17BrO4S/c1-9(13(15)18-3)7-19(16,17)8-11-5-4-6-12(14)10(11)2/h4-6,9H,7-8H2,1-3H3/t9-/m1/s1. The van der Waals surface area contributed by atoms with Gasteiger partial charge in [0.25, 0.3) is 0 Å². The Kier molecular flexibility index (Phi) is 5.55. The van der Waals surface area contributed by atoms with Gasteiger partial charge in [0.2, 0.25) is 0 Å². The van der Waals surface area contributed by atoms with Crippen LogP contribution in [0.5, 0.6) is 0 Å². The van der Waals surface area contributed by atoms with Gasteiger partial charge < -0.3 is 4.74 Å². The van der Waals surface area contributed by atoms with E-state index in [9.17, 15) is 13.2 Å². The van der Waals surface area contributed by atoms with E-state index in [0.29, 0.717) is 0 Å². The van der Waals surface area contributed by atoms with Crippen LogP contribution in [0.2, 0.25) is 0 Å². The quantitative estimate of drug-likeness (QED) is 0.767. The second-order valence-electron chi connectivity index (χ2n) is 4.50. The van der Waals surface area contributed by atoms with Crippen molar-refractivity contribution in [2.75, 3.05) is 12.9 Å². The molecule has 0 heterocycles. The van der Waals surface area contributed by atoms with Crippen LogP contribution in [0.25, 0.3) is 0 Å². The summed E-state index contributed by atoms with van der Waals surface area (Å²) in [5.74, 6) is -1.43. The molecule has 0 aliphatic carbocycles. The number of hydrogen-bond acceptors (Lipinski definition) is 4. The van der Waals surface area contributed by atoms with Gasteiger partial charge in [-0.3, -0.25) is 4.79 Å². The Morgan fingerprint density at radius 2 is 2.05 bits per heavy atom. The lowest BCUT2D eigenvalue weighted by molar-refractivity contribution is -0.144. The second-order valence-corrected chi connectivity index (χ2v) is 7.47. The molecule has 1 aromatic carbocycles. The van der Waals surface area contributed by atoms with Crippen LogP contribution in [-0.4, -0.2) is 27.2 Å². The van der Waals surface area contributed by atoms with Crippen LogP contribution < -0.4 is 0 Å². The van der Waals surface area contributed by atoms with Gasteiger partial charge in [0, 0.05) is 4.47 Å². The summed E-state index contributed by atoms with van der Waals surface area (Å²) in [6.45, 7) is 3.41. The van der Waals surface area contributed by atoms with Gasteiger partial charge in [-0.1, -0.05) is 35.0 Å². The molecule has 0 bridgehead atoms. The van der Waals surface area contributed by atoms with Gasteiger partial charge in [-0.25, -0.2) is 8.42 Å². The minimum Gasteiger partial charge on any atom is -0.469 e. The average molecular weight is 349 g/mol. The molecule has 1 rings (SSSR count).